The maximum atomic E-state index is 15.2. The number of nitrogens with one attached hydrogen (secondary N) is 1. The third-order valence-corrected chi connectivity index (χ3v) is 10.1. The van der Waals surface area contributed by atoms with Gasteiger partial charge in [0.2, 0.25) is 5.91 Å². The molecule has 2 aromatic rings. The predicted molar refractivity (Wildman–Crippen MR) is 151 cm³/mol. The summed E-state index contributed by atoms with van der Waals surface area (Å²) in [7, 11) is -3.84. The Labute approximate surface area is 261 Å². The Kier molecular flexibility index (Phi) is 10.6. The Hall–Kier alpha value is -2.89. The molecule has 14 heteroatoms. The van der Waals surface area contributed by atoms with E-state index in [-0.39, 0.29) is 31.8 Å². The van der Waals surface area contributed by atoms with Crippen LogP contribution in [0, 0.1) is 5.82 Å². The number of halogens is 1. The number of amides is 3. The SMILES string of the molecule is CC(=O)NC[C@@H]1CN(c2ccc(-c3ccc(CC[C@](C)(C(=O)[N]([Pd])OC4CCCCO4)S(C)(=O)=O)cc3)c(F)c2)C(=O)O1. The van der Waals surface area contributed by atoms with Crippen molar-refractivity contribution in [1.82, 2.24) is 9.01 Å². The van der Waals surface area contributed by atoms with E-state index in [9.17, 15) is 22.8 Å². The number of carbonyl (C=O) groups is 3. The zero-order chi connectivity index (χ0) is 31.4. The standard InChI is InChI=1S/C29H36FN3O8S.Pd/c1-19(34)31-17-23-18-33(28(36)40-23)22-11-12-24(25(30)16-22)21-9-7-20(8-10-21)13-14-29(2,42(3,37)38)27(35)32-41-26-6-4-5-15-39-26;/h7-12,16,23,26H,4-6,13-15,17-18H2,1-3H3,(H2,31,32,34,35);/q;+1/p-1/t23-,26?,29-;/m1./s1. The molecule has 0 bridgehead atoms. The van der Waals surface area contributed by atoms with Crippen molar-refractivity contribution >= 4 is 33.4 Å². The molecule has 2 heterocycles. The van der Waals surface area contributed by atoms with Gasteiger partial charge in [-0.05, 0) is 0 Å². The van der Waals surface area contributed by atoms with Gasteiger partial charge in [-0.25, -0.2) is 4.79 Å². The van der Waals surface area contributed by atoms with Crippen LogP contribution >= 0.6 is 0 Å². The summed E-state index contributed by atoms with van der Waals surface area (Å²) in [6.45, 7) is 3.59. The van der Waals surface area contributed by atoms with E-state index in [1.54, 1.807) is 36.4 Å². The zero-order valence-electron chi connectivity index (χ0n) is 24.1. The van der Waals surface area contributed by atoms with Crippen LogP contribution in [0.1, 0.15) is 45.1 Å². The van der Waals surface area contributed by atoms with E-state index in [0.29, 0.717) is 29.8 Å². The number of anilines is 1. The maximum absolute atomic E-state index is 15.2. The number of hydrogen-bond donors (Lipinski definition) is 1. The second kappa shape index (κ2) is 13.8. The minimum Gasteiger partial charge on any atom is -0.442 e. The summed E-state index contributed by atoms with van der Waals surface area (Å²) in [4.78, 5) is 43.5. The second-order valence-corrected chi connectivity index (χ2v) is 13.9. The van der Waals surface area contributed by atoms with Crippen molar-refractivity contribution in [2.24, 2.45) is 0 Å². The molecule has 0 spiro atoms. The molecule has 2 saturated heterocycles. The van der Waals surface area contributed by atoms with Crippen LogP contribution in [-0.2, 0) is 59.6 Å². The molecule has 1 unspecified atom stereocenters. The summed E-state index contributed by atoms with van der Waals surface area (Å²) >= 11 is 2.73. The summed E-state index contributed by atoms with van der Waals surface area (Å²) in [5.74, 6) is -1.52. The predicted octanol–water partition coefficient (Wildman–Crippen LogP) is 3.44. The van der Waals surface area contributed by atoms with Crippen LogP contribution in [-0.4, -0.2) is 73.1 Å². The van der Waals surface area contributed by atoms with Gasteiger partial charge in [0, 0.05) is 6.92 Å². The van der Waals surface area contributed by atoms with Crippen molar-refractivity contribution in [3.8, 4) is 11.1 Å². The van der Waals surface area contributed by atoms with Gasteiger partial charge in [0.25, 0.3) is 0 Å². The molecular formula is C29H35FN3O8PdS. The van der Waals surface area contributed by atoms with E-state index in [0.717, 1.165) is 28.4 Å². The van der Waals surface area contributed by atoms with Crippen molar-refractivity contribution in [2.45, 2.75) is 63.1 Å². The number of nitrogens with zero attached hydrogens (tertiary/aromatic N) is 2. The molecular weight excluding hydrogens is 676 g/mol. The van der Waals surface area contributed by atoms with E-state index >= 15 is 4.39 Å². The Bertz CT molecular complexity index is 1450. The topological polar surface area (TPSA) is 132 Å². The smallest absolute Gasteiger partial charge is 0.442 e. The summed E-state index contributed by atoms with van der Waals surface area (Å²) in [5, 5.41) is 2.60. The molecule has 237 valence electrons. The first-order valence-corrected chi connectivity index (χ1v) is 16.4. The number of hydrogen-bond acceptors (Lipinski definition) is 8. The molecule has 3 atom stereocenters. The fourth-order valence-corrected chi connectivity index (χ4v) is 6.35. The van der Waals surface area contributed by atoms with Crippen LogP contribution < -0.4 is 10.2 Å². The molecule has 2 aliphatic heterocycles. The van der Waals surface area contributed by atoms with Crippen LogP contribution in [0.2, 0.25) is 0 Å². The minimum atomic E-state index is -3.84. The first-order chi connectivity index (χ1) is 20.3. The van der Waals surface area contributed by atoms with Gasteiger partial charge < -0.3 is 10.1 Å². The van der Waals surface area contributed by atoms with Crippen molar-refractivity contribution in [1.29, 1.82) is 0 Å². The molecule has 43 heavy (non-hydrogen) atoms. The third-order valence-electron chi connectivity index (χ3n) is 7.63. The molecule has 11 nitrogen and oxygen atoms in total. The fourth-order valence-electron chi connectivity index (χ4n) is 4.80. The van der Waals surface area contributed by atoms with Gasteiger partial charge in [-0.3, -0.25) is 9.69 Å². The normalized spacial score (nSPS) is 20.3. The summed E-state index contributed by atoms with van der Waals surface area (Å²) in [5.41, 5.74) is 1.98. The van der Waals surface area contributed by atoms with Crippen molar-refractivity contribution in [3.05, 3.63) is 53.8 Å². The van der Waals surface area contributed by atoms with Gasteiger partial charge >= 0.3 is 200 Å². The van der Waals surface area contributed by atoms with E-state index in [1.807, 2.05) is 0 Å². The van der Waals surface area contributed by atoms with Crippen molar-refractivity contribution < 1.29 is 61.0 Å². The molecule has 0 radical (unpaired) electrons. The molecule has 3 amide bonds. The van der Waals surface area contributed by atoms with Gasteiger partial charge in [0.1, 0.15) is 6.10 Å². The van der Waals surface area contributed by atoms with Gasteiger partial charge in [-0.2, -0.15) is 0 Å². The first-order valence-electron chi connectivity index (χ1n) is 13.9. The molecule has 2 aliphatic rings. The molecule has 1 N–H and O–H groups in total. The molecule has 0 aromatic heterocycles. The Balaban J connectivity index is 1.41. The zero-order valence-corrected chi connectivity index (χ0v) is 26.5. The number of hydroxylamine groups is 1. The van der Waals surface area contributed by atoms with Gasteiger partial charge in [-0.15, -0.1) is 0 Å². The number of aryl methyl sites for hydroxylation is 1. The Morgan fingerprint density at radius 3 is 2.53 bits per heavy atom. The van der Waals surface area contributed by atoms with E-state index in [1.165, 1.54) is 24.8 Å². The molecule has 4 rings (SSSR count). The average Bonchev–Trinajstić information content (AvgIpc) is 3.35. The van der Waals surface area contributed by atoms with E-state index in [4.69, 9.17) is 14.3 Å². The average molecular weight is 711 g/mol. The Morgan fingerprint density at radius 1 is 1.21 bits per heavy atom. The fraction of sp³-hybridized carbons (Fsp3) is 0.483. The number of rotatable bonds is 11. The van der Waals surface area contributed by atoms with Crippen LogP contribution in [0.5, 0.6) is 0 Å². The van der Waals surface area contributed by atoms with Crippen molar-refractivity contribution in [2.75, 3.05) is 30.9 Å². The van der Waals surface area contributed by atoms with Gasteiger partial charge in [0.15, 0.2) is 0 Å². The molecule has 2 aromatic carbocycles. The van der Waals surface area contributed by atoms with Crippen LogP contribution in [0.3, 0.4) is 0 Å². The minimum absolute atomic E-state index is 0.00896. The van der Waals surface area contributed by atoms with E-state index in [2.05, 4.69) is 24.8 Å². The summed E-state index contributed by atoms with van der Waals surface area (Å²) < 4.78 is 50.5. The number of benzene rings is 2. The van der Waals surface area contributed by atoms with Crippen molar-refractivity contribution in [3.63, 3.8) is 0 Å². The summed E-state index contributed by atoms with van der Waals surface area (Å²) in [6, 6.07) is 11.4. The molecule has 2 fully saturated rings. The number of sulfone groups is 1. The second-order valence-electron chi connectivity index (χ2n) is 10.8. The number of ether oxygens (including phenoxy) is 2. The van der Waals surface area contributed by atoms with E-state index < -0.39 is 44.8 Å². The molecule has 0 aliphatic carbocycles. The van der Waals surface area contributed by atoms with Crippen LogP contribution in [0.4, 0.5) is 14.9 Å². The Morgan fingerprint density at radius 2 is 1.93 bits per heavy atom. The van der Waals surface area contributed by atoms with Crippen LogP contribution in [0.15, 0.2) is 42.5 Å². The number of carbonyl (C=O) groups excluding carboxylic acids is 3. The van der Waals surface area contributed by atoms with Gasteiger partial charge in [0.05, 0.1) is 18.8 Å². The third kappa shape index (κ3) is 7.99. The quantitative estimate of drug-likeness (QED) is 0.277. The van der Waals surface area contributed by atoms with Gasteiger partial charge in [-0.1, -0.05) is 0 Å². The monoisotopic (exact) mass is 710 g/mol. The summed E-state index contributed by atoms with van der Waals surface area (Å²) in [6.07, 6.45) is 1.86. The van der Waals surface area contributed by atoms with Crippen LogP contribution in [0.25, 0.3) is 11.1 Å². The first kappa shape index (κ1) is 33.0. The molecule has 0 saturated carbocycles. The number of cyclic esters (lactones) is 1.